The lowest BCUT2D eigenvalue weighted by atomic mass is 10.2. The number of benzene rings is 1. The number of aromatic nitrogens is 3. The van der Waals surface area contributed by atoms with Crippen molar-refractivity contribution < 1.29 is 9.53 Å². The van der Waals surface area contributed by atoms with Crippen LogP contribution in [-0.2, 0) is 16.1 Å². The third kappa shape index (κ3) is 4.52. The largest absolute Gasteiger partial charge is 0.459 e. The summed E-state index contributed by atoms with van der Waals surface area (Å²) in [5.41, 5.74) is 1.88. The smallest absolute Gasteiger partial charge is 0.326 e. The highest BCUT2D eigenvalue weighted by molar-refractivity contribution is 6.29. The summed E-state index contributed by atoms with van der Waals surface area (Å²) < 4.78 is 7.10. The Bertz CT molecular complexity index is 903. The van der Waals surface area contributed by atoms with Gasteiger partial charge in [0.05, 0.1) is 5.69 Å². The summed E-state index contributed by atoms with van der Waals surface area (Å²) in [6.45, 7) is 6.14. The van der Waals surface area contributed by atoms with Gasteiger partial charge in [-0.2, -0.15) is 5.10 Å². The van der Waals surface area contributed by atoms with Crippen molar-refractivity contribution in [3.05, 3.63) is 59.5 Å². The molecular formula is C19H21ClN4O2. The van der Waals surface area contributed by atoms with Gasteiger partial charge < -0.3 is 9.64 Å². The van der Waals surface area contributed by atoms with Crippen molar-refractivity contribution in [2.45, 2.75) is 32.9 Å². The van der Waals surface area contributed by atoms with Crippen LogP contribution in [0.2, 0.25) is 5.15 Å². The second kappa shape index (κ2) is 7.33. The number of fused-ring (bicyclic) bond motifs is 1. The van der Waals surface area contributed by atoms with Crippen LogP contribution >= 0.6 is 11.6 Å². The SMILES string of the molecule is CC(C)(C)OC(=O)CN(Cc1ccccc1)c1cc(Cl)nn2ccnc12. The van der Waals surface area contributed by atoms with E-state index in [2.05, 4.69) is 10.1 Å². The van der Waals surface area contributed by atoms with Crippen molar-refractivity contribution in [2.75, 3.05) is 11.4 Å². The lowest BCUT2D eigenvalue weighted by Crippen LogP contribution is -2.35. The van der Waals surface area contributed by atoms with Gasteiger partial charge in [0.2, 0.25) is 0 Å². The van der Waals surface area contributed by atoms with Crippen molar-refractivity contribution in [1.82, 2.24) is 14.6 Å². The third-order valence-corrected chi connectivity index (χ3v) is 3.79. The Balaban J connectivity index is 1.96. The first-order chi connectivity index (χ1) is 12.3. The summed E-state index contributed by atoms with van der Waals surface area (Å²) in [6, 6.07) is 11.6. The lowest BCUT2D eigenvalue weighted by molar-refractivity contribution is -0.153. The van der Waals surface area contributed by atoms with Gasteiger partial charge >= 0.3 is 5.97 Å². The second-order valence-electron chi connectivity index (χ2n) is 6.98. The van der Waals surface area contributed by atoms with Crippen molar-refractivity contribution >= 4 is 28.9 Å². The summed E-state index contributed by atoms with van der Waals surface area (Å²) in [6.07, 6.45) is 3.37. The molecule has 0 saturated heterocycles. The molecule has 0 N–H and O–H groups in total. The zero-order valence-electron chi connectivity index (χ0n) is 15.0. The van der Waals surface area contributed by atoms with Gasteiger partial charge in [0.1, 0.15) is 12.1 Å². The number of imidazole rings is 1. The average Bonchev–Trinajstić information content (AvgIpc) is 3.01. The van der Waals surface area contributed by atoms with E-state index in [9.17, 15) is 4.79 Å². The van der Waals surface area contributed by atoms with Crippen molar-refractivity contribution in [2.24, 2.45) is 0 Å². The standard InChI is InChI=1S/C19H21ClN4O2/c1-19(2,3)26-17(25)13-23(12-14-7-5-4-6-8-14)15-11-16(20)22-24-10-9-21-18(15)24/h4-11H,12-13H2,1-3H3. The molecule has 0 aliphatic carbocycles. The molecule has 0 aliphatic heterocycles. The van der Waals surface area contributed by atoms with Gasteiger partial charge in [-0.25, -0.2) is 9.50 Å². The van der Waals surface area contributed by atoms with Gasteiger partial charge in [0.15, 0.2) is 10.8 Å². The number of anilines is 1. The van der Waals surface area contributed by atoms with E-state index in [1.807, 2.05) is 56.0 Å². The highest BCUT2D eigenvalue weighted by Crippen LogP contribution is 2.25. The molecule has 0 aliphatic rings. The molecule has 7 heteroatoms. The van der Waals surface area contributed by atoms with Crippen LogP contribution in [0.5, 0.6) is 0 Å². The fourth-order valence-corrected chi connectivity index (χ4v) is 2.85. The minimum Gasteiger partial charge on any atom is -0.459 e. The van der Waals surface area contributed by atoms with E-state index in [0.717, 1.165) is 11.3 Å². The Morgan fingerprint density at radius 3 is 2.69 bits per heavy atom. The minimum absolute atomic E-state index is 0.0784. The van der Waals surface area contributed by atoms with Crippen LogP contribution in [-0.4, -0.2) is 32.7 Å². The highest BCUT2D eigenvalue weighted by Gasteiger charge is 2.22. The zero-order chi connectivity index (χ0) is 18.7. The molecule has 3 aromatic rings. The molecule has 0 saturated carbocycles. The Morgan fingerprint density at radius 2 is 2.00 bits per heavy atom. The van der Waals surface area contributed by atoms with Crippen molar-refractivity contribution in [1.29, 1.82) is 0 Å². The molecule has 0 bridgehead atoms. The van der Waals surface area contributed by atoms with E-state index >= 15 is 0 Å². The molecule has 0 radical (unpaired) electrons. The molecule has 2 aromatic heterocycles. The van der Waals surface area contributed by atoms with Crippen molar-refractivity contribution in [3.8, 4) is 0 Å². The summed E-state index contributed by atoms with van der Waals surface area (Å²) in [5, 5.41) is 4.53. The summed E-state index contributed by atoms with van der Waals surface area (Å²) in [5.74, 6) is -0.314. The first-order valence-electron chi connectivity index (χ1n) is 8.32. The predicted octanol–water partition coefficient (Wildman–Crippen LogP) is 3.73. The molecular weight excluding hydrogens is 352 g/mol. The number of carbonyl (C=O) groups excluding carboxylic acids is 1. The normalized spacial score (nSPS) is 11.5. The van der Waals surface area contributed by atoms with Crippen LogP contribution in [0, 0.1) is 0 Å². The maximum atomic E-state index is 12.5. The monoisotopic (exact) mass is 372 g/mol. The fourth-order valence-electron chi connectivity index (χ4n) is 2.66. The Labute approximate surface area is 157 Å². The van der Waals surface area contributed by atoms with Gasteiger partial charge in [0.25, 0.3) is 0 Å². The number of halogens is 1. The van der Waals surface area contributed by atoms with Crippen LogP contribution in [0.25, 0.3) is 5.65 Å². The summed E-state index contributed by atoms with van der Waals surface area (Å²) in [7, 11) is 0. The molecule has 26 heavy (non-hydrogen) atoms. The van der Waals surface area contributed by atoms with Gasteiger partial charge in [-0.1, -0.05) is 41.9 Å². The van der Waals surface area contributed by atoms with Crippen LogP contribution in [0.4, 0.5) is 5.69 Å². The predicted molar refractivity (Wildman–Crippen MR) is 101 cm³/mol. The number of nitrogens with zero attached hydrogens (tertiary/aromatic N) is 4. The fraction of sp³-hybridized carbons (Fsp3) is 0.316. The zero-order valence-corrected chi connectivity index (χ0v) is 15.8. The van der Waals surface area contributed by atoms with E-state index in [0.29, 0.717) is 17.3 Å². The average molecular weight is 373 g/mol. The number of rotatable bonds is 5. The molecule has 0 amide bonds. The van der Waals surface area contributed by atoms with E-state index < -0.39 is 5.60 Å². The van der Waals surface area contributed by atoms with Crippen molar-refractivity contribution in [3.63, 3.8) is 0 Å². The molecule has 136 valence electrons. The summed E-state index contributed by atoms with van der Waals surface area (Å²) in [4.78, 5) is 18.7. The molecule has 0 atom stereocenters. The van der Waals surface area contributed by atoms with E-state index in [1.54, 1.807) is 23.0 Å². The maximum absolute atomic E-state index is 12.5. The molecule has 6 nitrogen and oxygen atoms in total. The molecule has 3 rings (SSSR count). The quantitative estimate of drug-likeness (QED) is 0.638. The summed E-state index contributed by atoms with van der Waals surface area (Å²) >= 11 is 6.17. The van der Waals surface area contributed by atoms with Crippen LogP contribution in [0.15, 0.2) is 48.8 Å². The van der Waals surface area contributed by atoms with Crippen LogP contribution in [0.1, 0.15) is 26.3 Å². The second-order valence-corrected chi connectivity index (χ2v) is 7.36. The maximum Gasteiger partial charge on any atom is 0.326 e. The van der Waals surface area contributed by atoms with Crippen LogP contribution < -0.4 is 4.90 Å². The molecule has 0 spiro atoms. The number of hydrogen-bond acceptors (Lipinski definition) is 5. The van der Waals surface area contributed by atoms with Crippen LogP contribution in [0.3, 0.4) is 0 Å². The first-order valence-corrected chi connectivity index (χ1v) is 8.70. The third-order valence-electron chi connectivity index (χ3n) is 3.61. The Morgan fingerprint density at radius 1 is 1.27 bits per heavy atom. The van der Waals surface area contributed by atoms with E-state index in [1.165, 1.54) is 0 Å². The van der Waals surface area contributed by atoms with Gasteiger partial charge in [-0.3, -0.25) is 4.79 Å². The molecule has 0 fully saturated rings. The Kier molecular flexibility index (Phi) is 5.13. The molecule has 0 unspecified atom stereocenters. The van der Waals surface area contributed by atoms with Gasteiger partial charge in [0, 0.05) is 25.0 Å². The lowest BCUT2D eigenvalue weighted by Gasteiger charge is -2.27. The first kappa shape index (κ1) is 18.2. The van der Waals surface area contributed by atoms with Gasteiger partial charge in [-0.05, 0) is 26.3 Å². The number of esters is 1. The molecule has 1 aromatic carbocycles. The highest BCUT2D eigenvalue weighted by atomic mass is 35.5. The minimum atomic E-state index is -0.548. The van der Waals surface area contributed by atoms with Gasteiger partial charge in [-0.15, -0.1) is 0 Å². The number of hydrogen-bond donors (Lipinski definition) is 0. The Hall–Kier alpha value is -2.60. The van der Waals surface area contributed by atoms with E-state index in [4.69, 9.17) is 16.3 Å². The van der Waals surface area contributed by atoms with E-state index in [-0.39, 0.29) is 12.5 Å². The molecule has 2 heterocycles. The number of ether oxygens (including phenoxy) is 1. The topological polar surface area (TPSA) is 59.7 Å². The number of carbonyl (C=O) groups is 1.